The third-order valence-corrected chi connectivity index (χ3v) is 6.46. The van der Waals surface area contributed by atoms with Crippen molar-refractivity contribution in [3.05, 3.63) is 52.5 Å². The molecule has 4 rings (SSSR count). The van der Waals surface area contributed by atoms with Gasteiger partial charge in [-0.2, -0.15) is 0 Å². The van der Waals surface area contributed by atoms with Crippen LogP contribution in [0.1, 0.15) is 31.4 Å². The Hall–Kier alpha value is -2.57. The summed E-state index contributed by atoms with van der Waals surface area (Å²) in [6.45, 7) is 6.11. The number of hydrogen-bond acceptors (Lipinski definition) is 4. The van der Waals surface area contributed by atoms with Crippen molar-refractivity contribution in [1.82, 2.24) is 5.32 Å². The Labute approximate surface area is 181 Å². The van der Waals surface area contributed by atoms with Crippen LogP contribution in [0.15, 0.2) is 36.4 Å². The van der Waals surface area contributed by atoms with Crippen molar-refractivity contribution in [3.8, 4) is 5.75 Å². The van der Waals surface area contributed by atoms with E-state index in [-0.39, 0.29) is 23.8 Å². The maximum absolute atomic E-state index is 13.4. The summed E-state index contributed by atoms with van der Waals surface area (Å²) in [7, 11) is 1.59. The normalized spacial score (nSPS) is 24.8. The van der Waals surface area contributed by atoms with Crippen molar-refractivity contribution < 1.29 is 14.3 Å². The quantitative estimate of drug-likeness (QED) is 0.687. The van der Waals surface area contributed by atoms with E-state index in [0.29, 0.717) is 28.6 Å². The second-order valence-electron chi connectivity index (χ2n) is 8.43. The van der Waals surface area contributed by atoms with Crippen LogP contribution >= 0.6 is 11.6 Å². The topological polar surface area (TPSA) is 79.5 Å². The molecule has 2 aromatic rings. The number of methoxy groups -OCH3 is 1. The summed E-state index contributed by atoms with van der Waals surface area (Å²) in [5.41, 5.74) is 1.79. The maximum atomic E-state index is 13.4. The third-order valence-electron chi connectivity index (χ3n) is 6.16. The van der Waals surface area contributed by atoms with Gasteiger partial charge >= 0.3 is 0 Å². The molecular weight excluding hydrogens is 402 g/mol. The lowest BCUT2D eigenvalue weighted by atomic mass is 9.79. The largest absolute Gasteiger partial charge is 0.497 e. The van der Waals surface area contributed by atoms with E-state index < -0.39 is 11.5 Å². The molecule has 2 aliphatic rings. The second-order valence-corrected chi connectivity index (χ2v) is 8.84. The molecule has 2 heterocycles. The Morgan fingerprint density at radius 2 is 1.97 bits per heavy atom. The molecule has 3 atom stereocenters. The first kappa shape index (κ1) is 20.7. The number of rotatable bonds is 4. The number of nitrogens with one attached hydrogen (secondary N) is 3. The molecule has 6 nitrogen and oxygen atoms in total. The van der Waals surface area contributed by atoms with Crippen LogP contribution < -0.4 is 20.7 Å². The molecule has 158 valence electrons. The molecular formula is C23H26ClN3O3. The average Bonchev–Trinajstić information content (AvgIpc) is 3.24. The molecule has 2 amide bonds. The van der Waals surface area contributed by atoms with Gasteiger partial charge < -0.3 is 15.4 Å². The number of benzene rings is 2. The summed E-state index contributed by atoms with van der Waals surface area (Å²) >= 11 is 6.43. The van der Waals surface area contributed by atoms with Crippen molar-refractivity contribution in [2.24, 2.45) is 11.8 Å². The number of carbonyl (C=O) groups excluding carboxylic acids is 2. The Morgan fingerprint density at radius 3 is 2.60 bits per heavy atom. The molecule has 0 unspecified atom stereocenters. The van der Waals surface area contributed by atoms with Gasteiger partial charge in [0.1, 0.15) is 11.3 Å². The van der Waals surface area contributed by atoms with Gasteiger partial charge in [-0.05, 0) is 55.2 Å². The lowest BCUT2D eigenvalue weighted by Gasteiger charge is -2.30. The van der Waals surface area contributed by atoms with Gasteiger partial charge in [-0.25, -0.2) is 0 Å². The van der Waals surface area contributed by atoms with Crippen molar-refractivity contribution >= 4 is 34.8 Å². The molecule has 0 bridgehead atoms. The number of anilines is 2. The van der Waals surface area contributed by atoms with Crippen molar-refractivity contribution in [1.29, 1.82) is 0 Å². The molecule has 7 heteroatoms. The minimum Gasteiger partial charge on any atom is -0.497 e. The van der Waals surface area contributed by atoms with Gasteiger partial charge in [0.15, 0.2) is 0 Å². The van der Waals surface area contributed by atoms with E-state index >= 15 is 0 Å². The van der Waals surface area contributed by atoms with Crippen LogP contribution in [-0.4, -0.2) is 25.0 Å². The first-order chi connectivity index (χ1) is 14.3. The first-order valence-electron chi connectivity index (χ1n) is 10.1. The van der Waals surface area contributed by atoms with Gasteiger partial charge in [-0.1, -0.05) is 31.5 Å². The number of aryl methyl sites for hydroxylation is 1. The summed E-state index contributed by atoms with van der Waals surface area (Å²) in [6.07, 6.45) is 0.554. The Balaban J connectivity index is 1.74. The highest BCUT2D eigenvalue weighted by Gasteiger charge is 2.60. The SMILES string of the molecule is COc1ccc(NC(=O)[C@H]2C[C@H](C(C)C)N[C@@]23C(=O)Nc2c(Cl)cc(C)cc23)cc1. The van der Waals surface area contributed by atoms with Gasteiger partial charge in [0.2, 0.25) is 11.8 Å². The third kappa shape index (κ3) is 3.24. The fraction of sp³-hybridized carbons (Fsp3) is 0.391. The average molecular weight is 428 g/mol. The van der Waals surface area contributed by atoms with Gasteiger partial charge in [0.25, 0.3) is 0 Å². The predicted octanol–water partition coefficient (Wildman–Crippen LogP) is 4.08. The zero-order valence-corrected chi connectivity index (χ0v) is 18.3. The maximum Gasteiger partial charge on any atom is 0.250 e. The molecule has 2 aromatic carbocycles. The summed E-state index contributed by atoms with van der Waals surface area (Å²) in [6, 6.07) is 10.9. The van der Waals surface area contributed by atoms with E-state index in [4.69, 9.17) is 16.3 Å². The van der Waals surface area contributed by atoms with Gasteiger partial charge in [-0.15, -0.1) is 0 Å². The minimum atomic E-state index is -1.14. The standard InChI is InChI=1S/C23H26ClN3O3/c1-12(2)19-11-17(21(28)25-14-5-7-15(30-4)8-6-14)23(27-19)16-9-13(3)10-18(24)20(16)26-22(23)29/h5-10,12,17,19,27H,11H2,1-4H3,(H,25,28)(H,26,29)/t17-,19-,23-/m1/s1. The van der Waals surface area contributed by atoms with Crippen LogP contribution in [0.3, 0.4) is 0 Å². The predicted molar refractivity (Wildman–Crippen MR) is 118 cm³/mol. The van der Waals surface area contributed by atoms with Gasteiger partial charge in [-0.3, -0.25) is 14.9 Å². The van der Waals surface area contributed by atoms with Crippen LogP contribution in [0.25, 0.3) is 0 Å². The summed E-state index contributed by atoms with van der Waals surface area (Å²) in [5, 5.41) is 9.89. The highest BCUT2D eigenvalue weighted by molar-refractivity contribution is 6.35. The lowest BCUT2D eigenvalue weighted by Crippen LogP contribution is -2.52. The first-order valence-corrected chi connectivity index (χ1v) is 10.5. The van der Waals surface area contributed by atoms with Gasteiger partial charge in [0.05, 0.1) is 23.7 Å². The number of carbonyl (C=O) groups is 2. The zero-order chi connectivity index (χ0) is 21.6. The molecule has 3 N–H and O–H groups in total. The van der Waals surface area contributed by atoms with Crippen molar-refractivity contribution in [3.63, 3.8) is 0 Å². The number of fused-ring (bicyclic) bond motifs is 2. The van der Waals surface area contributed by atoms with E-state index in [1.807, 2.05) is 19.1 Å². The van der Waals surface area contributed by atoms with E-state index in [9.17, 15) is 9.59 Å². The van der Waals surface area contributed by atoms with Crippen LogP contribution in [-0.2, 0) is 15.1 Å². The molecule has 1 fully saturated rings. The Bertz CT molecular complexity index is 1010. The second kappa shape index (κ2) is 7.60. The van der Waals surface area contributed by atoms with E-state index in [2.05, 4.69) is 29.8 Å². The van der Waals surface area contributed by atoms with Crippen LogP contribution in [0.5, 0.6) is 5.75 Å². The zero-order valence-electron chi connectivity index (χ0n) is 17.5. The van der Waals surface area contributed by atoms with E-state index in [1.54, 1.807) is 31.4 Å². The molecule has 0 radical (unpaired) electrons. The van der Waals surface area contributed by atoms with E-state index in [0.717, 1.165) is 11.1 Å². The monoisotopic (exact) mass is 427 g/mol. The fourth-order valence-electron chi connectivity index (χ4n) is 4.53. The van der Waals surface area contributed by atoms with Crippen molar-refractivity contribution in [2.45, 2.75) is 38.8 Å². The molecule has 1 spiro atoms. The fourth-order valence-corrected chi connectivity index (χ4v) is 4.85. The number of hydrogen-bond donors (Lipinski definition) is 3. The van der Waals surface area contributed by atoms with E-state index in [1.165, 1.54) is 0 Å². The molecule has 30 heavy (non-hydrogen) atoms. The van der Waals surface area contributed by atoms with Crippen LogP contribution in [0, 0.1) is 18.8 Å². The number of amides is 2. The minimum absolute atomic E-state index is 0.0209. The summed E-state index contributed by atoms with van der Waals surface area (Å²) in [5.74, 6) is -0.0375. The molecule has 2 aliphatic heterocycles. The lowest BCUT2D eigenvalue weighted by molar-refractivity contribution is -0.130. The number of ether oxygens (including phenoxy) is 1. The van der Waals surface area contributed by atoms with Crippen LogP contribution in [0.2, 0.25) is 5.02 Å². The molecule has 1 saturated heterocycles. The molecule has 0 aliphatic carbocycles. The summed E-state index contributed by atoms with van der Waals surface area (Å²) < 4.78 is 5.18. The highest BCUT2D eigenvalue weighted by Crippen LogP contribution is 2.50. The number of halogens is 1. The summed E-state index contributed by atoms with van der Waals surface area (Å²) in [4.78, 5) is 26.7. The molecule has 0 saturated carbocycles. The van der Waals surface area contributed by atoms with Crippen LogP contribution in [0.4, 0.5) is 11.4 Å². The molecule has 0 aromatic heterocycles. The smallest absolute Gasteiger partial charge is 0.250 e. The highest BCUT2D eigenvalue weighted by atomic mass is 35.5. The van der Waals surface area contributed by atoms with Gasteiger partial charge in [0, 0.05) is 17.3 Å². The Kier molecular flexibility index (Phi) is 5.24. The Morgan fingerprint density at radius 1 is 1.27 bits per heavy atom. The van der Waals surface area contributed by atoms with Crippen molar-refractivity contribution in [2.75, 3.05) is 17.7 Å².